The average Bonchev–Trinajstić information content (AvgIpc) is 2.67. The second-order valence-corrected chi connectivity index (χ2v) is 8.32. The molecule has 1 aromatic rings. The van der Waals surface area contributed by atoms with E-state index in [-0.39, 0.29) is 17.7 Å². The lowest BCUT2D eigenvalue weighted by Crippen LogP contribution is -2.48. The molecule has 2 aliphatic rings. The van der Waals surface area contributed by atoms with E-state index in [0.29, 0.717) is 12.6 Å². The van der Waals surface area contributed by atoms with Gasteiger partial charge in [0.25, 0.3) is 5.91 Å². The molecule has 142 valence electrons. The predicted molar refractivity (Wildman–Crippen MR) is 104 cm³/mol. The number of hydrogen-bond acceptors (Lipinski definition) is 2. The highest BCUT2D eigenvalue weighted by Crippen LogP contribution is 2.28. The quantitative estimate of drug-likeness (QED) is 0.824. The third-order valence-corrected chi connectivity index (χ3v) is 6.24. The van der Waals surface area contributed by atoms with Gasteiger partial charge in [0.15, 0.2) is 0 Å². The Morgan fingerprint density at radius 3 is 2.35 bits per heavy atom. The van der Waals surface area contributed by atoms with E-state index < -0.39 is 0 Å². The Labute approximate surface area is 157 Å². The number of piperidine rings is 1. The standard InChI is InChI=1S/C22H32N2O2/c1-16-6-10-18(11-7-16)22(26)24-14-4-5-19(15-24)21(25)23(3)20-12-8-17(2)9-13-20/h6-7,10-11,17,19-20H,4-5,8-9,12-15H2,1-3H3. The topological polar surface area (TPSA) is 40.6 Å². The van der Waals surface area contributed by atoms with Crippen molar-refractivity contribution in [2.75, 3.05) is 20.1 Å². The summed E-state index contributed by atoms with van der Waals surface area (Å²) in [6, 6.07) is 8.09. The normalized spacial score (nSPS) is 26.4. The number of benzene rings is 1. The number of rotatable bonds is 3. The highest BCUT2D eigenvalue weighted by molar-refractivity contribution is 5.94. The third kappa shape index (κ3) is 4.28. The zero-order valence-electron chi connectivity index (χ0n) is 16.4. The molecule has 0 aromatic heterocycles. The summed E-state index contributed by atoms with van der Waals surface area (Å²) in [6.45, 7) is 5.62. The van der Waals surface area contributed by atoms with Gasteiger partial charge in [-0.25, -0.2) is 0 Å². The molecule has 1 saturated heterocycles. The minimum Gasteiger partial charge on any atom is -0.342 e. The van der Waals surface area contributed by atoms with Crippen LogP contribution in [0.15, 0.2) is 24.3 Å². The number of carbonyl (C=O) groups excluding carboxylic acids is 2. The first-order valence-electron chi connectivity index (χ1n) is 10.1. The summed E-state index contributed by atoms with van der Waals surface area (Å²) in [4.78, 5) is 29.7. The Kier molecular flexibility index (Phi) is 6.00. The Balaban J connectivity index is 1.61. The summed E-state index contributed by atoms with van der Waals surface area (Å²) in [5.41, 5.74) is 1.87. The number of amides is 2. The van der Waals surface area contributed by atoms with Gasteiger partial charge in [0.1, 0.15) is 0 Å². The van der Waals surface area contributed by atoms with Gasteiger partial charge in [-0.2, -0.15) is 0 Å². The SMILES string of the molecule is Cc1ccc(C(=O)N2CCCC(C(=O)N(C)C3CCC(C)CC3)C2)cc1. The number of hydrogen-bond donors (Lipinski definition) is 0. The van der Waals surface area contributed by atoms with E-state index in [2.05, 4.69) is 6.92 Å². The van der Waals surface area contributed by atoms with E-state index in [4.69, 9.17) is 0 Å². The van der Waals surface area contributed by atoms with Crippen LogP contribution < -0.4 is 0 Å². The summed E-state index contributed by atoms with van der Waals surface area (Å²) in [5, 5.41) is 0. The van der Waals surface area contributed by atoms with Gasteiger partial charge < -0.3 is 9.80 Å². The Morgan fingerprint density at radius 1 is 1.04 bits per heavy atom. The molecule has 3 rings (SSSR count). The van der Waals surface area contributed by atoms with Crippen LogP contribution in [0.2, 0.25) is 0 Å². The maximum absolute atomic E-state index is 13.0. The molecule has 1 atom stereocenters. The molecule has 1 saturated carbocycles. The van der Waals surface area contributed by atoms with Gasteiger partial charge in [-0.05, 0) is 63.5 Å². The van der Waals surface area contributed by atoms with Gasteiger partial charge in [-0.3, -0.25) is 9.59 Å². The number of nitrogens with zero attached hydrogens (tertiary/aromatic N) is 2. The molecule has 2 amide bonds. The van der Waals surface area contributed by atoms with Crippen LogP contribution in [-0.4, -0.2) is 47.8 Å². The fraction of sp³-hybridized carbons (Fsp3) is 0.636. The van der Waals surface area contributed by atoms with Crippen LogP contribution in [0.3, 0.4) is 0 Å². The Hall–Kier alpha value is -1.84. The molecular weight excluding hydrogens is 324 g/mol. The number of aryl methyl sites for hydroxylation is 1. The monoisotopic (exact) mass is 356 g/mol. The minimum absolute atomic E-state index is 0.0524. The lowest BCUT2D eigenvalue weighted by Gasteiger charge is -2.38. The summed E-state index contributed by atoms with van der Waals surface area (Å²) in [5.74, 6) is 1.01. The second-order valence-electron chi connectivity index (χ2n) is 8.32. The number of likely N-dealkylation sites (tertiary alicyclic amines) is 1. The van der Waals surface area contributed by atoms with Crippen LogP contribution in [0, 0.1) is 18.8 Å². The summed E-state index contributed by atoms with van der Waals surface area (Å²) >= 11 is 0. The maximum Gasteiger partial charge on any atom is 0.253 e. The van der Waals surface area contributed by atoms with Crippen molar-refractivity contribution in [2.45, 2.75) is 58.4 Å². The molecule has 1 heterocycles. The molecule has 1 aromatic carbocycles. The van der Waals surface area contributed by atoms with E-state index in [1.807, 2.05) is 48.0 Å². The molecule has 2 fully saturated rings. The lowest BCUT2D eigenvalue weighted by atomic mass is 9.86. The van der Waals surface area contributed by atoms with E-state index in [1.54, 1.807) is 0 Å². The van der Waals surface area contributed by atoms with Crippen molar-refractivity contribution in [3.05, 3.63) is 35.4 Å². The minimum atomic E-state index is -0.0532. The first-order chi connectivity index (χ1) is 12.5. The molecule has 0 N–H and O–H groups in total. The van der Waals surface area contributed by atoms with Crippen LogP contribution in [0.5, 0.6) is 0 Å². The highest BCUT2D eigenvalue weighted by Gasteiger charge is 2.33. The van der Waals surface area contributed by atoms with Crippen LogP contribution in [-0.2, 0) is 4.79 Å². The molecule has 26 heavy (non-hydrogen) atoms. The Morgan fingerprint density at radius 2 is 1.69 bits per heavy atom. The van der Waals surface area contributed by atoms with Crippen molar-refractivity contribution in [2.24, 2.45) is 11.8 Å². The van der Waals surface area contributed by atoms with Crippen molar-refractivity contribution < 1.29 is 9.59 Å². The smallest absolute Gasteiger partial charge is 0.253 e. The van der Waals surface area contributed by atoms with E-state index in [9.17, 15) is 9.59 Å². The first kappa shape index (κ1) is 18.9. The largest absolute Gasteiger partial charge is 0.342 e. The summed E-state index contributed by atoms with van der Waals surface area (Å²) in [7, 11) is 1.96. The van der Waals surface area contributed by atoms with Crippen LogP contribution >= 0.6 is 0 Å². The highest BCUT2D eigenvalue weighted by atomic mass is 16.2. The maximum atomic E-state index is 13.0. The molecule has 1 aliphatic carbocycles. The van der Waals surface area contributed by atoms with E-state index >= 15 is 0 Å². The average molecular weight is 357 g/mol. The fourth-order valence-corrected chi connectivity index (χ4v) is 4.34. The first-order valence-corrected chi connectivity index (χ1v) is 10.1. The van der Waals surface area contributed by atoms with Gasteiger partial charge in [0.2, 0.25) is 5.91 Å². The predicted octanol–water partition coefficient (Wildman–Crippen LogP) is 3.88. The van der Waals surface area contributed by atoms with Crippen LogP contribution in [0.25, 0.3) is 0 Å². The summed E-state index contributed by atoms with van der Waals surface area (Å²) < 4.78 is 0. The fourth-order valence-electron chi connectivity index (χ4n) is 4.34. The molecular formula is C22H32N2O2. The van der Waals surface area contributed by atoms with Crippen LogP contribution in [0.1, 0.15) is 61.4 Å². The van der Waals surface area contributed by atoms with Gasteiger partial charge in [0, 0.05) is 31.7 Å². The van der Waals surface area contributed by atoms with Crippen molar-refractivity contribution in [1.29, 1.82) is 0 Å². The third-order valence-electron chi connectivity index (χ3n) is 6.24. The van der Waals surface area contributed by atoms with Gasteiger partial charge in [-0.1, -0.05) is 24.6 Å². The molecule has 4 heteroatoms. The number of carbonyl (C=O) groups is 2. The van der Waals surface area contributed by atoms with E-state index in [1.165, 1.54) is 12.8 Å². The van der Waals surface area contributed by atoms with Gasteiger partial charge in [0.05, 0.1) is 5.92 Å². The lowest BCUT2D eigenvalue weighted by molar-refractivity contribution is -0.138. The molecule has 0 spiro atoms. The Bertz CT molecular complexity index is 632. The molecule has 1 aliphatic heterocycles. The van der Waals surface area contributed by atoms with Crippen LogP contribution in [0.4, 0.5) is 0 Å². The molecule has 1 unspecified atom stereocenters. The van der Waals surface area contributed by atoms with Crippen molar-refractivity contribution in [1.82, 2.24) is 9.80 Å². The zero-order valence-corrected chi connectivity index (χ0v) is 16.4. The van der Waals surface area contributed by atoms with Crippen molar-refractivity contribution in [3.8, 4) is 0 Å². The van der Waals surface area contributed by atoms with Crippen molar-refractivity contribution in [3.63, 3.8) is 0 Å². The molecule has 0 bridgehead atoms. The van der Waals surface area contributed by atoms with Crippen molar-refractivity contribution >= 4 is 11.8 Å². The van der Waals surface area contributed by atoms with Gasteiger partial charge in [-0.15, -0.1) is 0 Å². The van der Waals surface area contributed by atoms with Gasteiger partial charge >= 0.3 is 0 Å². The summed E-state index contributed by atoms with van der Waals surface area (Å²) in [6.07, 6.45) is 6.45. The zero-order chi connectivity index (χ0) is 18.7. The molecule has 4 nitrogen and oxygen atoms in total. The molecule has 0 radical (unpaired) electrons. The second kappa shape index (κ2) is 8.24. The van der Waals surface area contributed by atoms with E-state index in [0.717, 1.165) is 49.3 Å².